The molecule has 0 saturated carbocycles. The Hall–Kier alpha value is -4.68. The van der Waals surface area contributed by atoms with Crippen molar-refractivity contribution in [2.24, 2.45) is 9.98 Å². The second-order valence-electron chi connectivity index (χ2n) is 7.03. The Bertz CT molecular complexity index is 1680. The standard InChI is InChI=1S/C25H14N6/c1-3-29-25-24(28-2)30-22-20-9-15-7-5-4-6-14(15)8-18(20)19-10-16(12-26)17(13-27)11-21(19)23(22)31-25/h3-11H,2H2,1H3. The first-order valence-electron chi connectivity index (χ1n) is 9.58. The molecule has 0 unspecified atom stereocenters. The highest BCUT2D eigenvalue weighted by molar-refractivity contribution is 6.26. The fourth-order valence-electron chi connectivity index (χ4n) is 3.97. The van der Waals surface area contributed by atoms with Crippen molar-refractivity contribution in [3.8, 4) is 12.1 Å². The highest BCUT2D eigenvalue weighted by atomic mass is 15.0. The van der Waals surface area contributed by atoms with Gasteiger partial charge in [-0.25, -0.2) is 20.0 Å². The summed E-state index contributed by atoms with van der Waals surface area (Å²) in [7, 11) is 0. The summed E-state index contributed by atoms with van der Waals surface area (Å²) in [5.74, 6) is 0.697. The molecule has 0 spiro atoms. The van der Waals surface area contributed by atoms with E-state index in [9.17, 15) is 10.5 Å². The van der Waals surface area contributed by atoms with Crippen LogP contribution < -0.4 is 0 Å². The lowest BCUT2D eigenvalue weighted by Crippen LogP contribution is -1.93. The summed E-state index contributed by atoms with van der Waals surface area (Å²) >= 11 is 0. The molecule has 0 aliphatic carbocycles. The SMILES string of the molecule is C=Nc1nc2c3cc4ccccc4cc3c3cc(C#N)c(C#N)cc3c2nc1N=CC. The van der Waals surface area contributed by atoms with Crippen LogP contribution in [0.1, 0.15) is 18.1 Å². The third kappa shape index (κ3) is 2.71. The van der Waals surface area contributed by atoms with E-state index in [0.717, 1.165) is 32.3 Å². The second-order valence-corrected chi connectivity index (χ2v) is 7.03. The molecule has 0 amide bonds. The maximum Gasteiger partial charge on any atom is 0.198 e. The number of hydrogen-bond donors (Lipinski definition) is 0. The molecule has 0 N–H and O–H groups in total. The second kappa shape index (κ2) is 6.98. The van der Waals surface area contributed by atoms with Crippen molar-refractivity contribution in [3.63, 3.8) is 0 Å². The summed E-state index contributed by atoms with van der Waals surface area (Å²) in [6.45, 7) is 5.41. The van der Waals surface area contributed by atoms with Gasteiger partial charge in [0.25, 0.3) is 0 Å². The van der Waals surface area contributed by atoms with Gasteiger partial charge in [0.15, 0.2) is 11.6 Å². The van der Waals surface area contributed by atoms with Gasteiger partial charge in [-0.1, -0.05) is 24.3 Å². The van der Waals surface area contributed by atoms with E-state index < -0.39 is 0 Å². The van der Waals surface area contributed by atoms with E-state index in [4.69, 9.17) is 9.97 Å². The zero-order chi connectivity index (χ0) is 21.5. The molecule has 0 aliphatic rings. The first-order valence-corrected chi connectivity index (χ1v) is 9.58. The molecule has 0 aliphatic heterocycles. The van der Waals surface area contributed by atoms with Crippen LogP contribution in [0.3, 0.4) is 0 Å². The Morgan fingerprint density at radius 3 is 1.90 bits per heavy atom. The largest absolute Gasteiger partial charge is 0.242 e. The van der Waals surface area contributed by atoms with Crippen LogP contribution in [0.2, 0.25) is 0 Å². The molecule has 0 atom stereocenters. The lowest BCUT2D eigenvalue weighted by Gasteiger charge is -2.12. The van der Waals surface area contributed by atoms with Gasteiger partial charge in [0, 0.05) is 17.0 Å². The zero-order valence-electron chi connectivity index (χ0n) is 16.6. The van der Waals surface area contributed by atoms with E-state index in [-0.39, 0.29) is 0 Å². The Balaban J connectivity index is 2.12. The number of aromatic nitrogens is 2. The number of nitriles is 2. The van der Waals surface area contributed by atoms with Crippen molar-refractivity contribution < 1.29 is 0 Å². The Kier molecular flexibility index (Phi) is 4.13. The number of aliphatic imine (C=N–C) groups is 2. The summed E-state index contributed by atoms with van der Waals surface area (Å²) in [6, 6.07) is 19.9. The first kappa shape index (κ1) is 18.4. The third-order valence-corrected chi connectivity index (χ3v) is 5.35. The molecule has 0 bridgehead atoms. The molecule has 1 aromatic heterocycles. The van der Waals surface area contributed by atoms with Crippen LogP contribution in [0, 0.1) is 22.7 Å². The molecule has 5 rings (SSSR count). The highest BCUT2D eigenvalue weighted by Crippen LogP contribution is 2.39. The molecule has 4 aromatic carbocycles. The van der Waals surface area contributed by atoms with Crippen LogP contribution in [0.25, 0.3) is 43.4 Å². The average Bonchev–Trinajstić information content (AvgIpc) is 2.82. The Morgan fingerprint density at radius 2 is 1.32 bits per heavy atom. The monoisotopic (exact) mass is 398 g/mol. The lowest BCUT2D eigenvalue weighted by molar-refractivity contribution is 1.24. The number of hydrogen-bond acceptors (Lipinski definition) is 6. The summed E-state index contributed by atoms with van der Waals surface area (Å²) in [4.78, 5) is 17.8. The summed E-state index contributed by atoms with van der Waals surface area (Å²) in [5.41, 5.74) is 1.88. The highest BCUT2D eigenvalue weighted by Gasteiger charge is 2.17. The van der Waals surface area contributed by atoms with Gasteiger partial charge < -0.3 is 0 Å². The Morgan fingerprint density at radius 1 is 0.806 bits per heavy atom. The predicted molar refractivity (Wildman–Crippen MR) is 125 cm³/mol. The van der Waals surface area contributed by atoms with Crippen molar-refractivity contribution in [1.29, 1.82) is 10.5 Å². The molecule has 0 saturated heterocycles. The molecular formula is C25H14N6. The fourth-order valence-corrected chi connectivity index (χ4v) is 3.97. The molecule has 6 nitrogen and oxygen atoms in total. The van der Waals surface area contributed by atoms with E-state index >= 15 is 0 Å². The van der Waals surface area contributed by atoms with Crippen LogP contribution in [-0.2, 0) is 0 Å². The van der Waals surface area contributed by atoms with E-state index in [2.05, 4.69) is 41.0 Å². The van der Waals surface area contributed by atoms with Gasteiger partial charge in [0.2, 0.25) is 0 Å². The summed E-state index contributed by atoms with van der Waals surface area (Å²) in [5, 5.41) is 24.7. The van der Waals surface area contributed by atoms with Crippen molar-refractivity contribution in [3.05, 3.63) is 59.7 Å². The minimum absolute atomic E-state index is 0.296. The van der Waals surface area contributed by atoms with Crippen LogP contribution in [-0.4, -0.2) is 22.9 Å². The van der Waals surface area contributed by atoms with Crippen molar-refractivity contribution >= 4 is 67.9 Å². The predicted octanol–water partition coefficient (Wildman–Crippen LogP) is 5.89. The fraction of sp³-hybridized carbons (Fsp3) is 0.0400. The van der Waals surface area contributed by atoms with E-state index in [0.29, 0.717) is 33.8 Å². The van der Waals surface area contributed by atoms with Crippen LogP contribution in [0.15, 0.2) is 58.5 Å². The molecule has 31 heavy (non-hydrogen) atoms. The van der Waals surface area contributed by atoms with Crippen molar-refractivity contribution in [2.75, 3.05) is 0 Å². The Labute approximate surface area is 177 Å². The number of rotatable bonds is 2. The van der Waals surface area contributed by atoms with Gasteiger partial charge in [-0.3, -0.25) is 0 Å². The molecule has 0 fully saturated rings. The van der Waals surface area contributed by atoms with Crippen LogP contribution >= 0.6 is 0 Å². The maximum absolute atomic E-state index is 9.58. The molecule has 6 heteroatoms. The van der Waals surface area contributed by atoms with E-state index in [1.165, 1.54) is 0 Å². The van der Waals surface area contributed by atoms with E-state index in [1.807, 2.05) is 24.3 Å². The van der Waals surface area contributed by atoms with Crippen LogP contribution in [0.5, 0.6) is 0 Å². The molecule has 1 heterocycles. The quantitative estimate of drug-likeness (QED) is 0.210. The van der Waals surface area contributed by atoms with Gasteiger partial charge in [-0.05, 0) is 59.5 Å². The minimum Gasteiger partial charge on any atom is -0.242 e. The van der Waals surface area contributed by atoms with Gasteiger partial charge in [0.1, 0.15) is 12.1 Å². The number of fused-ring (bicyclic) bond motifs is 7. The molecule has 5 aromatic rings. The smallest absolute Gasteiger partial charge is 0.198 e. The zero-order valence-corrected chi connectivity index (χ0v) is 16.6. The first-order chi connectivity index (χ1) is 15.2. The maximum atomic E-state index is 9.58. The molecular weight excluding hydrogens is 384 g/mol. The lowest BCUT2D eigenvalue weighted by atomic mass is 9.93. The van der Waals surface area contributed by atoms with Crippen LogP contribution in [0.4, 0.5) is 11.6 Å². The topological polar surface area (TPSA) is 98.1 Å². The third-order valence-electron chi connectivity index (χ3n) is 5.35. The van der Waals surface area contributed by atoms with Gasteiger partial charge in [-0.2, -0.15) is 10.5 Å². The molecule has 0 radical (unpaired) electrons. The van der Waals surface area contributed by atoms with Gasteiger partial charge >= 0.3 is 0 Å². The van der Waals surface area contributed by atoms with E-state index in [1.54, 1.807) is 25.3 Å². The minimum atomic E-state index is 0.296. The average molecular weight is 398 g/mol. The van der Waals surface area contributed by atoms with Crippen molar-refractivity contribution in [2.45, 2.75) is 6.92 Å². The van der Waals surface area contributed by atoms with Gasteiger partial charge in [0.05, 0.1) is 22.2 Å². The van der Waals surface area contributed by atoms with Crippen molar-refractivity contribution in [1.82, 2.24) is 9.97 Å². The number of nitrogens with zero attached hydrogens (tertiary/aromatic N) is 6. The number of benzene rings is 4. The summed E-state index contributed by atoms with van der Waals surface area (Å²) < 4.78 is 0. The normalized spacial score (nSPS) is 11.3. The summed E-state index contributed by atoms with van der Waals surface area (Å²) in [6.07, 6.45) is 1.62. The molecule has 144 valence electrons. The van der Waals surface area contributed by atoms with Gasteiger partial charge in [-0.15, -0.1) is 0 Å².